The van der Waals surface area contributed by atoms with E-state index in [9.17, 15) is 4.79 Å². The van der Waals surface area contributed by atoms with Crippen LogP contribution < -0.4 is 0 Å². The number of hydrogen-bond donors (Lipinski definition) is 0. The van der Waals surface area contributed by atoms with Gasteiger partial charge in [-0.05, 0) is 0 Å². The molecule has 0 saturated heterocycles. The van der Waals surface area contributed by atoms with E-state index >= 15 is 0 Å². The Morgan fingerprint density at radius 2 is 1.35 bits per heavy atom. The van der Waals surface area contributed by atoms with Crippen molar-refractivity contribution in [2.75, 3.05) is 5.88 Å². The van der Waals surface area contributed by atoms with Gasteiger partial charge in [0, 0.05) is 0 Å². The van der Waals surface area contributed by atoms with Crippen molar-refractivity contribution in [2.45, 2.75) is 161 Å². The summed E-state index contributed by atoms with van der Waals surface area (Å²) in [7, 11) is 0. The first-order valence-electron chi connectivity index (χ1n) is 14.5. The first-order chi connectivity index (χ1) is 15.9. The zero-order chi connectivity index (χ0) is 25.8. The fourth-order valence-electron chi connectivity index (χ4n) is 5.77. The zero-order valence-electron chi connectivity index (χ0n) is 24.4. The van der Waals surface area contributed by atoms with Gasteiger partial charge >= 0.3 is 223 Å². The fourth-order valence-corrected chi connectivity index (χ4v) is 26.9. The molecule has 1 fully saturated rings. The summed E-state index contributed by atoms with van der Waals surface area (Å²) in [5.41, 5.74) is -0.451. The van der Waals surface area contributed by atoms with Crippen LogP contribution >= 0.6 is 11.8 Å². The molecule has 0 aromatic carbocycles. The third-order valence-corrected chi connectivity index (χ3v) is 26.1. The Bertz CT molecular complexity index is 542. The molecule has 34 heavy (non-hydrogen) atoms. The molecule has 0 N–H and O–H groups in total. The first kappa shape index (κ1) is 32.4. The summed E-state index contributed by atoms with van der Waals surface area (Å²) >= 11 is -0.827. The van der Waals surface area contributed by atoms with Gasteiger partial charge in [-0.2, -0.15) is 0 Å². The standard InChI is InChI=1S/C17H32NO2S.3C4H9.Sn/c1-16(2,3)20-15(19)18(13-21-17(4,5)6)12-14-10-8-7-9-11-14;3*1-3-4-2;/h12,14H,7-11,13H2,1-6H3;3*1,3-4H2,2H3;. The zero-order valence-corrected chi connectivity index (χ0v) is 28.1. The minimum absolute atomic E-state index is 0.0367. The van der Waals surface area contributed by atoms with Gasteiger partial charge in [-0.25, -0.2) is 0 Å². The third kappa shape index (κ3) is 11.6. The number of carbonyl (C=O) groups excluding carboxylic acids is 1. The molecule has 202 valence electrons. The van der Waals surface area contributed by atoms with Gasteiger partial charge in [0.2, 0.25) is 0 Å². The van der Waals surface area contributed by atoms with Gasteiger partial charge in [0.05, 0.1) is 0 Å². The summed E-state index contributed by atoms with van der Waals surface area (Å²) in [6.07, 6.45) is 14.5. The number of carbonyl (C=O) groups is 1. The molecule has 0 heterocycles. The van der Waals surface area contributed by atoms with Crippen LogP contribution in [0, 0.1) is 5.92 Å². The monoisotopic (exact) mass is 605 g/mol. The van der Waals surface area contributed by atoms with Crippen molar-refractivity contribution in [3.8, 4) is 0 Å². The van der Waals surface area contributed by atoms with Crippen molar-refractivity contribution in [1.82, 2.24) is 4.90 Å². The molecular formula is C29H59NO2SSn. The molecule has 0 spiro atoms. The summed E-state index contributed by atoms with van der Waals surface area (Å²) in [4.78, 5) is 16.3. The van der Waals surface area contributed by atoms with Gasteiger partial charge in [0.25, 0.3) is 0 Å². The van der Waals surface area contributed by atoms with E-state index in [-0.39, 0.29) is 10.8 Å². The Hall–Kier alpha value is 0.419. The Morgan fingerprint density at radius 3 is 1.74 bits per heavy atom. The summed E-state index contributed by atoms with van der Waals surface area (Å²) in [6.45, 7) is 20.0. The van der Waals surface area contributed by atoms with E-state index in [1.165, 1.54) is 83.9 Å². The summed E-state index contributed by atoms with van der Waals surface area (Å²) in [5, 5.41) is 0. The van der Waals surface area contributed by atoms with E-state index in [0.717, 1.165) is 5.88 Å². The molecular weight excluding hydrogens is 545 g/mol. The minimum atomic E-state index is -2.76. The van der Waals surface area contributed by atoms with E-state index in [0.29, 0.717) is 9.98 Å². The molecule has 0 aromatic heterocycles. The van der Waals surface area contributed by atoms with Crippen molar-refractivity contribution < 1.29 is 9.53 Å². The second-order valence-corrected chi connectivity index (χ2v) is 28.4. The Balaban J connectivity index is 3.59. The van der Waals surface area contributed by atoms with Gasteiger partial charge in [0.15, 0.2) is 0 Å². The number of hydrogen-bond acceptors (Lipinski definition) is 3. The predicted molar refractivity (Wildman–Crippen MR) is 156 cm³/mol. The molecule has 0 bridgehead atoms. The van der Waals surface area contributed by atoms with Crippen LogP contribution in [0.25, 0.3) is 0 Å². The quantitative estimate of drug-likeness (QED) is 0.146. The molecule has 3 nitrogen and oxygen atoms in total. The second kappa shape index (κ2) is 15.6. The average molecular weight is 605 g/mol. The van der Waals surface area contributed by atoms with E-state index in [4.69, 9.17) is 4.74 Å². The molecule has 5 heteroatoms. The summed E-state index contributed by atoms with van der Waals surface area (Å²) in [5.74, 6) is 1.46. The van der Waals surface area contributed by atoms with E-state index in [2.05, 4.69) is 46.4 Å². The van der Waals surface area contributed by atoms with E-state index in [1.54, 1.807) is 0 Å². The van der Waals surface area contributed by atoms with Crippen molar-refractivity contribution >= 4 is 36.2 Å². The van der Waals surface area contributed by atoms with Gasteiger partial charge in [-0.1, -0.05) is 0 Å². The fraction of sp³-hybridized carbons (Fsp3) is 0.966. The molecule has 0 aliphatic heterocycles. The van der Waals surface area contributed by atoms with Gasteiger partial charge in [-0.3, -0.25) is 0 Å². The number of amides is 1. The van der Waals surface area contributed by atoms with Crippen molar-refractivity contribution in [1.29, 1.82) is 0 Å². The van der Waals surface area contributed by atoms with Crippen molar-refractivity contribution in [3.63, 3.8) is 0 Å². The SMILES string of the molecule is CCC[CH2][Sn]([CH2]CCC)([CH2]CCC)[CH](C1CCCCC1)N(CSC(C)(C)C)C(=O)OC(C)(C)C. The molecule has 1 unspecified atom stereocenters. The Kier molecular flexibility index (Phi) is 14.9. The van der Waals surface area contributed by atoms with Crippen LogP contribution in [0.3, 0.4) is 0 Å². The van der Waals surface area contributed by atoms with E-state index in [1.807, 2.05) is 32.5 Å². The number of unbranched alkanes of at least 4 members (excludes halogenated alkanes) is 3. The maximum atomic E-state index is 14.0. The predicted octanol–water partition coefficient (Wildman–Crippen LogP) is 10.0. The topological polar surface area (TPSA) is 29.5 Å². The molecule has 0 radical (unpaired) electrons. The van der Waals surface area contributed by atoms with Gasteiger partial charge < -0.3 is 0 Å². The van der Waals surface area contributed by atoms with Crippen molar-refractivity contribution in [3.05, 3.63) is 0 Å². The number of ether oxygens (including phenoxy) is 1. The number of thioether (sulfide) groups is 1. The second-order valence-electron chi connectivity index (χ2n) is 12.9. The molecule has 1 aliphatic carbocycles. The molecule has 1 amide bonds. The van der Waals surface area contributed by atoms with Crippen LogP contribution in [-0.2, 0) is 4.74 Å². The van der Waals surface area contributed by atoms with E-state index < -0.39 is 24.0 Å². The number of nitrogens with zero attached hydrogens (tertiary/aromatic N) is 1. The average Bonchev–Trinajstić information content (AvgIpc) is 2.75. The van der Waals surface area contributed by atoms with Crippen LogP contribution in [0.15, 0.2) is 0 Å². The van der Waals surface area contributed by atoms with Crippen LogP contribution in [0.2, 0.25) is 13.3 Å². The summed E-state index contributed by atoms with van der Waals surface area (Å²) < 4.78 is 11.1. The van der Waals surface area contributed by atoms with Crippen LogP contribution in [-0.4, -0.2) is 49.7 Å². The van der Waals surface area contributed by atoms with Gasteiger partial charge in [0.1, 0.15) is 0 Å². The van der Waals surface area contributed by atoms with Crippen molar-refractivity contribution in [2.24, 2.45) is 5.92 Å². The maximum absolute atomic E-state index is 14.0. The molecule has 0 aromatic rings. The van der Waals surface area contributed by atoms with Crippen LogP contribution in [0.1, 0.15) is 133 Å². The Morgan fingerprint density at radius 1 is 0.882 bits per heavy atom. The summed E-state index contributed by atoms with van der Waals surface area (Å²) in [6, 6.07) is 0. The molecule has 1 rings (SSSR count). The molecule has 1 aliphatic rings. The molecule has 1 saturated carbocycles. The Labute approximate surface area is 222 Å². The van der Waals surface area contributed by atoms with Gasteiger partial charge in [-0.15, -0.1) is 0 Å². The van der Waals surface area contributed by atoms with Crippen LogP contribution in [0.5, 0.6) is 0 Å². The first-order valence-corrected chi connectivity index (χ1v) is 23.2. The normalized spacial score (nSPS) is 17.0. The molecule has 1 atom stereocenters. The third-order valence-electron chi connectivity index (χ3n) is 7.41. The number of rotatable bonds is 14. The van der Waals surface area contributed by atoms with Crippen LogP contribution in [0.4, 0.5) is 4.79 Å².